The number of methoxy groups -OCH3 is 1. The number of ether oxygens (including phenoxy) is 1. The van der Waals surface area contributed by atoms with Gasteiger partial charge in [-0.2, -0.15) is 0 Å². The molecular weight excluding hydrogens is 417 g/mol. The number of halogens is 1. The van der Waals surface area contributed by atoms with E-state index in [2.05, 4.69) is 9.88 Å². The molecule has 0 aliphatic heterocycles. The number of amides is 2. The fourth-order valence-corrected chi connectivity index (χ4v) is 3.61. The second kappa shape index (κ2) is 10.5. The molecule has 5 nitrogen and oxygen atoms in total. The molecule has 6 heteroatoms. The van der Waals surface area contributed by atoms with Crippen LogP contribution in [0.3, 0.4) is 0 Å². The van der Waals surface area contributed by atoms with Gasteiger partial charge in [0.25, 0.3) is 0 Å². The lowest BCUT2D eigenvalue weighted by molar-refractivity contribution is 0.205. The molecule has 0 fully saturated rings. The second-order valence-electron chi connectivity index (χ2n) is 7.75. The van der Waals surface area contributed by atoms with Crippen molar-refractivity contribution in [2.24, 2.45) is 0 Å². The van der Waals surface area contributed by atoms with Crippen LogP contribution in [0.2, 0.25) is 0 Å². The number of nitrogens with zero attached hydrogens (tertiary/aromatic N) is 2. The van der Waals surface area contributed by atoms with Crippen molar-refractivity contribution in [2.75, 3.05) is 12.4 Å². The molecule has 4 aromatic rings. The van der Waals surface area contributed by atoms with E-state index >= 15 is 0 Å². The number of benzene rings is 3. The van der Waals surface area contributed by atoms with Crippen molar-refractivity contribution in [2.45, 2.75) is 19.6 Å². The summed E-state index contributed by atoms with van der Waals surface area (Å²) in [5.41, 5.74) is 3.71. The highest BCUT2D eigenvalue weighted by atomic mass is 19.1. The molecule has 0 unspecified atom stereocenters. The lowest BCUT2D eigenvalue weighted by Gasteiger charge is -2.24. The lowest BCUT2D eigenvalue weighted by atomic mass is 10.2. The maximum atomic E-state index is 13.3. The normalized spacial score (nSPS) is 10.6. The fraction of sp³-hybridized carbons (Fsp3) is 0.148. The van der Waals surface area contributed by atoms with Gasteiger partial charge in [-0.25, -0.2) is 9.18 Å². The SMILES string of the molecule is COc1ccc(NC(=O)N(Cc2ccccc2)Cc2cccn2Cc2ccc(F)cc2)cc1. The van der Waals surface area contributed by atoms with E-state index in [1.165, 1.54) is 12.1 Å². The maximum Gasteiger partial charge on any atom is 0.322 e. The first-order valence-electron chi connectivity index (χ1n) is 10.7. The van der Waals surface area contributed by atoms with Crippen molar-refractivity contribution in [1.29, 1.82) is 0 Å². The van der Waals surface area contributed by atoms with Gasteiger partial charge in [-0.1, -0.05) is 42.5 Å². The van der Waals surface area contributed by atoms with Crippen molar-refractivity contribution >= 4 is 11.7 Å². The smallest absolute Gasteiger partial charge is 0.322 e. The molecule has 0 radical (unpaired) electrons. The van der Waals surface area contributed by atoms with Gasteiger partial charge in [0, 0.05) is 30.7 Å². The van der Waals surface area contributed by atoms with E-state index < -0.39 is 0 Å². The summed E-state index contributed by atoms with van der Waals surface area (Å²) < 4.78 is 20.5. The molecule has 0 saturated carbocycles. The van der Waals surface area contributed by atoms with Gasteiger partial charge in [0.2, 0.25) is 0 Å². The van der Waals surface area contributed by atoms with Crippen LogP contribution in [0, 0.1) is 5.82 Å². The molecule has 1 aromatic heterocycles. The highest BCUT2D eigenvalue weighted by Gasteiger charge is 2.17. The van der Waals surface area contributed by atoms with Crippen molar-refractivity contribution in [3.05, 3.63) is 120 Å². The zero-order chi connectivity index (χ0) is 23.0. The molecule has 0 aliphatic carbocycles. The predicted molar refractivity (Wildman–Crippen MR) is 128 cm³/mol. The van der Waals surface area contributed by atoms with Gasteiger partial charge in [-0.15, -0.1) is 0 Å². The van der Waals surface area contributed by atoms with E-state index in [1.54, 1.807) is 24.1 Å². The maximum absolute atomic E-state index is 13.3. The van der Waals surface area contributed by atoms with Gasteiger partial charge >= 0.3 is 6.03 Å². The van der Waals surface area contributed by atoms with E-state index in [-0.39, 0.29) is 11.8 Å². The Morgan fingerprint density at radius 2 is 1.61 bits per heavy atom. The number of nitrogens with one attached hydrogen (secondary N) is 1. The summed E-state index contributed by atoms with van der Waals surface area (Å²) in [7, 11) is 1.61. The predicted octanol–water partition coefficient (Wildman–Crippen LogP) is 5.92. The number of carbonyl (C=O) groups is 1. The minimum absolute atomic E-state index is 0.196. The Morgan fingerprint density at radius 3 is 2.30 bits per heavy atom. The topological polar surface area (TPSA) is 46.5 Å². The molecule has 0 saturated heterocycles. The van der Waals surface area contributed by atoms with Crippen LogP contribution in [0.15, 0.2) is 97.2 Å². The van der Waals surface area contributed by atoms with Crippen LogP contribution in [0.5, 0.6) is 5.75 Å². The van der Waals surface area contributed by atoms with Gasteiger partial charge < -0.3 is 19.5 Å². The summed E-state index contributed by atoms with van der Waals surface area (Å²) in [6.45, 7) is 1.48. The first-order valence-corrected chi connectivity index (χ1v) is 10.7. The van der Waals surface area contributed by atoms with Crippen molar-refractivity contribution < 1.29 is 13.9 Å². The van der Waals surface area contributed by atoms with Crippen LogP contribution < -0.4 is 10.1 Å². The van der Waals surface area contributed by atoms with Gasteiger partial charge in [-0.3, -0.25) is 0 Å². The number of hydrogen-bond donors (Lipinski definition) is 1. The van der Waals surface area contributed by atoms with Crippen LogP contribution in [0.25, 0.3) is 0 Å². The van der Waals surface area contributed by atoms with Crippen molar-refractivity contribution in [1.82, 2.24) is 9.47 Å². The van der Waals surface area contributed by atoms with E-state index in [4.69, 9.17) is 4.74 Å². The number of rotatable bonds is 8. The number of carbonyl (C=O) groups excluding carboxylic acids is 1. The molecule has 1 N–H and O–H groups in total. The van der Waals surface area contributed by atoms with E-state index in [1.807, 2.05) is 72.9 Å². The number of anilines is 1. The lowest BCUT2D eigenvalue weighted by Crippen LogP contribution is -2.34. The molecule has 0 bridgehead atoms. The zero-order valence-electron chi connectivity index (χ0n) is 18.4. The Bertz CT molecular complexity index is 1170. The molecule has 1 heterocycles. The van der Waals surface area contributed by atoms with Gasteiger partial charge in [0.05, 0.1) is 13.7 Å². The first-order chi connectivity index (χ1) is 16.1. The molecular formula is C27H26FN3O2. The van der Waals surface area contributed by atoms with E-state index in [0.717, 1.165) is 22.6 Å². The van der Waals surface area contributed by atoms with Crippen molar-refractivity contribution in [3.63, 3.8) is 0 Å². The third kappa shape index (κ3) is 6.01. The number of hydrogen-bond acceptors (Lipinski definition) is 2. The molecule has 3 aromatic carbocycles. The number of aromatic nitrogens is 1. The Labute approximate surface area is 193 Å². The van der Waals surface area contributed by atoms with Crippen LogP contribution >= 0.6 is 0 Å². The highest BCUT2D eigenvalue weighted by Crippen LogP contribution is 2.18. The quantitative estimate of drug-likeness (QED) is 0.368. The molecule has 168 valence electrons. The Kier molecular flexibility index (Phi) is 7.05. The monoisotopic (exact) mass is 443 g/mol. The van der Waals surface area contributed by atoms with Crippen LogP contribution in [-0.4, -0.2) is 22.6 Å². The Morgan fingerprint density at radius 1 is 0.879 bits per heavy atom. The van der Waals surface area contributed by atoms with Crippen LogP contribution in [0.4, 0.5) is 14.9 Å². The van der Waals surface area contributed by atoms with Gasteiger partial charge in [-0.05, 0) is 59.7 Å². The minimum atomic E-state index is -0.254. The summed E-state index contributed by atoms with van der Waals surface area (Å²) in [4.78, 5) is 15.0. The summed E-state index contributed by atoms with van der Waals surface area (Å²) in [6, 6.07) is 27.4. The van der Waals surface area contributed by atoms with Crippen LogP contribution in [0.1, 0.15) is 16.8 Å². The third-order valence-corrected chi connectivity index (χ3v) is 5.39. The molecule has 33 heavy (non-hydrogen) atoms. The highest BCUT2D eigenvalue weighted by molar-refractivity contribution is 5.89. The van der Waals surface area contributed by atoms with E-state index in [0.29, 0.717) is 25.3 Å². The molecule has 0 atom stereocenters. The molecule has 4 rings (SSSR count). The largest absolute Gasteiger partial charge is 0.497 e. The standard InChI is InChI=1S/C27H26FN3O2/c1-33-26-15-13-24(14-16-26)29-27(32)31(19-21-6-3-2-4-7-21)20-25-8-5-17-30(25)18-22-9-11-23(28)12-10-22/h2-17H,18-20H2,1H3,(H,29,32). The summed E-state index contributed by atoms with van der Waals surface area (Å²) in [6.07, 6.45) is 1.97. The number of urea groups is 1. The van der Waals surface area contributed by atoms with Crippen molar-refractivity contribution in [3.8, 4) is 5.75 Å². The fourth-order valence-electron chi connectivity index (χ4n) is 3.61. The average molecular weight is 444 g/mol. The van der Waals surface area contributed by atoms with Crippen LogP contribution in [-0.2, 0) is 19.6 Å². The molecule has 0 aliphatic rings. The minimum Gasteiger partial charge on any atom is -0.497 e. The third-order valence-electron chi connectivity index (χ3n) is 5.39. The van der Waals surface area contributed by atoms with Gasteiger partial charge in [0.1, 0.15) is 11.6 Å². The van der Waals surface area contributed by atoms with E-state index in [9.17, 15) is 9.18 Å². The summed E-state index contributed by atoms with van der Waals surface area (Å²) in [5.74, 6) is 0.475. The molecule has 2 amide bonds. The van der Waals surface area contributed by atoms with Gasteiger partial charge in [0.15, 0.2) is 0 Å². The Hall–Kier alpha value is -4.06. The average Bonchev–Trinajstić information content (AvgIpc) is 3.27. The second-order valence-corrected chi connectivity index (χ2v) is 7.75. The first kappa shape index (κ1) is 22.1. The Balaban J connectivity index is 1.53. The summed E-state index contributed by atoms with van der Waals surface area (Å²) >= 11 is 0. The zero-order valence-corrected chi connectivity index (χ0v) is 18.4. The molecule has 0 spiro atoms. The summed E-state index contributed by atoms with van der Waals surface area (Å²) in [5, 5.41) is 2.98.